The van der Waals surface area contributed by atoms with E-state index in [1.54, 1.807) is 19.2 Å². The van der Waals surface area contributed by atoms with Gasteiger partial charge in [0.05, 0.1) is 17.5 Å². The lowest BCUT2D eigenvalue weighted by Gasteiger charge is -2.50. The van der Waals surface area contributed by atoms with E-state index in [0.717, 1.165) is 49.0 Å². The second-order valence-corrected chi connectivity index (χ2v) is 8.55. The number of hydrogen-bond donors (Lipinski definition) is 1. The maximum atomic E-state index is 11.2. The molecule has 0 radical (unpaired) electrons. The number of piperidine rings is 1. The van der Waals surface area contributed by atoms with Gasteiger partial charge in [0.25, 0.3) is 5.69 Å². The lowest BCUT2D eigenvalue weighted by atomic mass is 9.59. The summed E-state index contributed by atoms with van der Waals surface area (Å²) in [6.45, 7) is 2.12. The first-order valence-electron chi connectivity index (χ1n) is 10.1. The standard InChI is InChI=1S/C23H25N3O3/c1-25-9-8-23(15-4-3-5-18(10-15)29-2)13-22-20(11-16(23)14-25)19-7-6-17(26(27)28)12-21(19)24-22/h3-7,10,12,16,24H,8-9,11,13-14H2,1-2H3. The van der Waals surface area contributed by atoms with Gasteiger partial charge in [-0.3, -0.25) is 10.1 Å². The minimum Gasteiger partial charge on any atom is -0.497 e. The highest BCUT2D eigenvalue weighted by Gasteiger charge is 2.47. The van der Waals surface area contributed by atoms with Crippen LogP contribution in [0.3, 0.4) is 0 Å². The number of benzene rings is 2. The number of hydrogen-bond acceptors (Lipinski definition) is 4. The topological polar surface area (TPSA) is 71.4 Å². The largest absolute Gasteiger partial charge is 0.497 e. The molecule has 0 amide bonds. The van der Waals surface area contributed by atoms with E-state index in [1.165, 1.54) is 16.8 Å². The van der Waals surface area contributed by atoms with Gasteiger partial charge in [0, 0.05) is 35.2 Å². The zero-order chi connectivity index (χ0) is 20.2. The zero-order valence-electron chi connectivity index (χ0n) is 16.8. The first-order valence-corrected chi connectivity index (χ1v) is 10.1. The number of nitro groups is 1. The Morgan fingerprint density at radius 2 is 2.14 bits per heavy atom. The number of aromatic nitrogens is 1. The Morgan fingerprint density at radius 3 is 2.93 bits per heavy atom. The van der Waals surface area contributed by atoms with E-state index < -0.39 is 0 Å². The van der Waals surface area contributed by atoms with Crippen LogP contribution in [0.15, 0.2) is 42.5 Å². The van der Waals surface area contributed by atoms with Gasteiger partial charge in [-0.1, -0.05) is 12.1 Å². The molecule has 1 aliphatic carbocycles. The van der Waals surface area contributed by atoms with Crippen molar-refractivity contribution in [3.05, 3.63) is 69.4 Å². The first kappa shape index (κ1) is 18.2. The van der Waals surface area contributed by atoms with Gasteiger partial charge >= 0.3 is 0 Å². The molecule has 2 heterocycles. The predicted octanol–water partition coefficient (Wildman–Crippen LogP) is 4.07. The Bertz CT molecular complexity index is 1110. The molecule has 3 aromatic rings. The van der Waals surface area contributed by atoms with Crippen molar-refractivity contribution in [2.45, 2.75) is 24.7 Å². The summed E-state index contributed by atoms with van der Waals surface area (Å²) < 4.78 is 5.51. The summed E-state index contributed by atoms with van der Waals surface area (Å²) in [7, 11) is 3.91. The van der Waals surface area contributed by atoms with Crippen molar-refractivity contribution < 1.29 is 9.66 Å². The molecule has 5 rings (SSSR count). The maximum absolute atomic E-state index is 11.2. The molecule has 1 fully saturated rings. The summed E-state index contributed by atoms with van der Waals surface area (Å²) in [5.74, 6) is 1.39. The highest BCUT2D eigenvalue weighted by Crippen LogP contribution is 2.49. The third kappa shape index (κ3) is 2.82. The number of fused-ring (bicyclic) bond motifs is 4. The molecule has 0 saturated carbocycles. The highest BCUT2D eigenvalue weighted by atomic mass is 16.6. The number of H-pyrrole nitrogens is 1. The minimum atomic E-state index is -0.328. The van der Waals surface area contributed by atoms with Gasteiger partial charge in [0.15, 0.2) is 0 Å². The van der Waals surface area contributed by atoms with Gasteiger partial charge in [-0.25, -0.2) is 0 Å². The van der Waals surface area contributed by atoms with Crippen LogP contribution in [0.4, 0.5) is 5.69 Å². The van der Waals surface area contributed by atoms with Crippen molar-refractivity contribution in [1.29, 1.82) is 0 Å². The molecule has 2 atom stereocenters. The number of likely N-dealkylation sites (tertiary alicyclic amines) is 1. The molecule has 1 N–H and O–H groups in total. The Kier molecular flexibility index (Phi) is 4.13. The lowest BCUT2D eigenvalue weighted by molar-refractivity contribution is -0.384. The van der Waals surface area contributed by atoms with Crippen molar-refractivity contribution in [2.24, 2.45) is 5.92 Å². The molecule has 1 saturated heterocycles. The quantitative estimate of drug-likeness (QED) is 0.540. The molecule has 6 nitrogen and oxygen atoms in total. The molecule has 2 aliphatic rings. The van der Waals surface area contributed by atoms with E-state index in [1.807, 2.05) is 12.1 Å². The average molecular weight is 391 g/mol. The normalized spacial score (nSPS) is 24.1. The van der Waals surface area contributed by atoms with Crippen LogP contribution in [0.1, 0.15) is 23.2 Å². The SMILES string of the molecule is COc1cccc(C23CCN(C)CC2Cc2c([nH]c4cc([N+](=O)[O-])ccc24)C3)c1. The molecule has 2 aromatic carbocycles. The van der Waals surface area contributed by atoms with E-state index in [0.29, 0.717) is 5.92 Å². The van der Waals surface area contributed by atoms with Crippen molar-refractivity contribution in [2.75, 3.05) is 27.2 Å². The van der Waals surface area contributed by atoms with Gasteiger partial charge in [0.1, 0.15) is 5.75 Å². The molecular formula is C23H25N3O3. The van der Waals surface area contributed by atoms with Crippen LogP contribution in [-0.4, -0.2) is 42.1 Å². The Balaban J connectivity index is 1.64. The molecule has 6 heteroatoms. The second kappa shape index (κ2) is 6.59. The van der Waals surface area contributed by atoms with Crippen LogP contribution < -0.4 is 4.74 Å². The zero-order valence-corrected chi connectivity index (χ0v) is 16.8. The van der Waals surface area contributed by atoms with Gasteiger partial charge in [-0.2, -0.15) is 0 Å². The smallest absolute Gasteiger partial charge is 0.271 e. The van der Waals surface area contributed by atoms with Gasteiger partial charge < -0.3 is 14.6 Å². The van der Waals surface area contributed by atoms with Crippen molar-refractivity contribution in [3.63, 3.8) is 0 Å². The summed E-state index contributed by atoms with van der Waals surface area (Å²) in [6.07, 6.45) is 3.00. The lowest BCUT2D eigenvalue weighted by Crippen LogP contribution is -2.52. The van der Waals surface area contributed by atoms with Crippen LogP contribution in [0.25, 0.3) is 10.9 Å². The molecule has 0 bridgehead atoms. The molecule has 29 heavy (non-hydrogen) atoms. The van der Waals surface area contributed by atoms with Crippen LogP contribution >= 0.6 is 0 Å². The summed E-state index contributed by atoms with van der Waals surface area (Å²) in [5, 5.41) is 12.3. The summed E-state index contributed by atoms with van der Waals surface area (Å²) >= 11 is 0. The Hall–Kier alpha value is -2.86. The monoisotopic (exact) mass is 391 g/mol. The number of methoxy groups -OCH3 is 1. The van der Waals surface area contributed by atoms with E-state index in [2.05, 4.69) is 35.1 Å². The summed E-state index contributed by atoms with van der Waals surface area (Å²) in [5.41, 5.74) is 4.96. The van der Waals surface area contributed by atoms with Gasteiger partial charge in [-0.05, 0) is 68.1 Å². The van der Waals surface area contributed by atoms with Gasteiger partial charge in [0.2, 0.25) is 0 Å². The third-order valence-corrected chi connectivity index (χ3v) is 7.03. The van der Waals surface area contributed by atoms with E-state index >= 15 is 0 Å². The number of ether oxygens (including phenoxy) is 1. The Morgan fingerprint density at radius 1 is 1.28 bits per heavy atom. The van der Waals surface area contributed by atoms with Crippen LogP contribution in [-0.2, 0) is 18.3 Å². The average Bonchev–Trinajstić information content (AvgIpc) is 3.08. The molecule has 0 spiro atoms. The minimum absolute atomic E-state index is 0.0564. The number of nitrogens with zero attached hydrogens (tertiary/aromatic N) is 2. The fraction of sp³-hybridized carbons (Fsp3) is 0.391. The maximum Gasteiger partial charge on any atom is 0.271 e. The molecule has 1 aliphatic heterocycles. The molecule has 2 unspecified atom stereocenters. The van der Waals surface area contributed by atoms with E-state index in [-0.39, 0.29) is 16.0 Å². The number of nitrogens with one attached hydrogen (secondary N) is 1. The third-order valence-electron chi connectivity index (χ3n) is 7.03. The number of non-ortho nitro benzene ring substituents is 1. The van der Waals surface area contributed by atoms with Crippen LogP contribution in [0.2, 0.25) is 0 Å². The van der Waals surface area contributed by atoms with Crippen LogP contribution in [0, 0.1) is 16.0 Å². The Labute approximate surface area is 169 Å². The number of rotatable bonds is 3. The van der Waals surface area contributed by atoms with Crippen molar-refractivity contribution in [3.8, 4) is 5.75 Å². The number of aromatic amines is 1. The van der Waals surface area contributed by atoms with E-state index in [9.17, 15) is 10.1 Å². The van der Waals surface area contributed by atoms with Crippen LogP contribution in [0.5, 0.6) is 5.75 Å². The van der Waals surface area contributed by atoms with Crippen molar-refractivity contribution >= 4 is 16.6 Å². The van der Waals surface area contributed by atoms with Crippen molar-refractivity contribution in [1.82, 2.24) is 9.88 Å². The highest BCUT2D eigenvalue weighted by molar-refractivity contribution is 5.87. The van der Waals surface area contributed by atoms with E-state index in [4.69, 9.17) is 4.74 Å². The molecule has 150 valence electrons. The number of nitro benzene ring substituents is 1. The predicted molar refractivity (Wildman–Crippen MR) is 113 cm³/mol. The molecule has 1 aromatic heterocycles. The fourth-order valence-corrected chi connectivity index (χ4v) is 5.50. The summed E-state index contributed by atoms with van der Waals surface area (Å²) in [6, 6.07) is 13.7. The second-order valence-electron chi connectivity index (χ2n) is 8.55. The molecular weight excluding hydrogens is 366 g/mol. The first-order chi connectivity index (χ1) is 14.0. The van der Waals surface area contributed by atoms with Gasteiger partial charge in [-0.15, -0.1) is 0 Å². The fourth-order valence-electron chi connectivity index (χ4n) is 5.50. The summed E-state index contributed by atoms with van der Waals surface area (Å²) in [4.78, 5) is 16.8.